The van der Waals surface area contributed by atoms with Crippen molar-refractivity contribution in [3.05, 3.63) is 178 Å². The van der Waals surface area contributed by atoms with Gasteiger partial charge in [-0.05, 0) is 198 Å². The number of benzene rings is 6. The Balaban J connectivity index is 0.000000154. The molecule has 0 bridgehead atoms. The van der Waals surface area contributed by atoms with Gasteiger partial charge in [0, 0.05) is 53.4 Å². The van der Waals surface area contributed by atoms with Crippen LogP contribution in [0.3, 0.4) is 0 Å². The highest BCUT2D eigenvalue weighted by Gasteiger charge is 2.31. The maximum absolute atomic E-state index is 13.3. The molecule has 432 valence electrons. The maximum Gasteiger partial charge on any atom is 0.377 e. The average molecular weight is 1170 g/mol. The molecule has 8 aromatic rings. The van der Waals surface area contributed by atoms with Gasteiger partial charge in [-0.15, -0.1) is 0 Å². The van der Waals surface area contributed by atoms with Crippen molar-refractivity contribution in [3.63, 3.8) is 0 Å². The SMILES string of the molecule is N[C@H](CN1CCCC1)[C@H](O)c1ccc(OC2CC2)c(Cl)c1.O=C(N[C@H](CN1CCCC1)[C@H](O)c1ccc(OC2CC2)c(Cl)c1)C(=O)c1ccc2nn(-c3ccc(F)cc3)cc2c1.O=C(O)C(=O)c1ccc2nn(-c3ccc(F)cc3)cc2c1. The molecular formula is C62H62Cl2F2N8O9. The number of nitrogens with one attached hydrogen (secondary N) is 1. The summed E-state index contributed by atoms with van der Waals surface area (Å²) in [5, 5.41) is 44.2. The fraction of sp³-hybridized carbons (Fsp3) is 0.323. The molecule has 0 unspecified atom stereocenters. The number of ketones is 2. The first-order valence-corrected chi connectivity index (χ1v) is 28.4. The van der Waals surface area contributed by atoms with Gasteiger partial charge in [0.15, 0.2) is 0 Å². The van der Waals surface area contributed by atoms with E-state index in [4.69, 9.17) is 43.5 Å². The van der Waals surface area contributed by atoms with Crippen LogP contribution in [0.1, 0.15) is 95.4 Å². The van der Waals surface area contributed by atoms with Crippen LogP contribution in [0.25, 0.3) is 33.2 Å². The Labute approximate surface area is 487 Å². The van der Waals surface area contributed by atoms with Gasteiger partial charge in [-0.25, -0.2) is 22.9 Å². The first kappa shape index (κ1) is 58.6. The molecule has 2 aromatic heterocycles. The number of aliphatic hydroxyl groups is 2. The molecule has 2 aliphatic heterocycles. The Morgan fingerprint density at radius 2 is 1.02 bits per heavy atom. The lowest BCUT2D eigenvalue weighted by atomic mass is 10.0. The molecule has 83 heavy (non-hydrogen) atoms. The van der Waals surface area contributed by atoms with Gasteiger partial charge in [-0.1, -0.05) is 35.3 Å². The molecule has 2 aliphatic carbocycles. The number of aromatic nitrogens is 4. The number of fused-ring (bicyclic) bond motifs is 2. The van der Waals surface area contributed by atoms with E-state index in [2.05, 4.69) is 25.3 Å². The molecular weight excluding hydrogens is 1110 g/mol. The van der Waals surface area contributed by atoms with Crippen LogP contribution in [0, 0.1) is 11.6 Å². The standard InChI is InChI=1S/C31H30ClFN4O4.C16H23ClN2O2.C15H9FN2O3/c32-25-16-20(4-12-28(25)41-24-9-10-24)29(38)27(18-36-13-1-2-14-36)34-31(40)30(39)19-3-11-26-21(15-19)17-37(35-26)23-7-5-22(33)6-8-23;17-13-9-11(3-6-15(13)21-12-4-5-12)16(20)14(18)10-19-7-1-2-8-19;16-11-2-4-12(5-3-11)18-8-10-7-9(14(19)15(20)21)1-6-13(10)17-18/h3-8,11-12,15-17,24,27,29,38H,1-2,9-10,13-14,18H2,(H,34,40);3,6,9,12,14,16,20H,1-2,4-5,7-8,10,18H2;1-8H,(H,20,21)/t27-,29-;14-,16-;/m11./s1. The highest BCUT2D eigenvalue weighted by atomic mass is 35.5. The van der Waals surface area contributed by atoms with E-state index >= 15 is 0 Å². The minimum absolute atomic E-state index is 0.0913. The first-order chi connectivity index (χ1) is 40.0. The molecule has 6 aromatic carbocycles. The number of aliphatic carboxylic acids is 1. The number of nitrogens with zero attached hydrogens (tertiary/aromatic N) is 6. The number of amides is 1. The van der Waals surface area contributed by atoms with Crippen molar-refractivity contribution in [1.82, 2.24) is 34.7 Å². The summed E-state index contributed by atoms with van der Waals surface area (Å²) in [6.45, 7) is 4.98. The van der Waals surface area contributed by atoms with Crippen molar-refractivity contribution in [2.45, 2.75) is 87.9 Å². The summed E-state index contributed by atoms with van der Waals surface area (Å²) in [7, 11) is 0. The maximum atomic E-state index is 13.3. The number of nitrogens with two attached hydrogens (primary N) is 1. The van der Waals surface area contributed by atoms with Gasteiger partial charge in [-0.3, -0.25) is 14.4 Å². The van der Waals surface area contributed by atoms with Crippen LogP contribution >= 0.6 is 23.2 Å². The van der Waals surface area contributed by atoms with Crippen LogP contribution in [-0.4, -0.2) is 132 Å². The predicted molar refractivity (Wildman–Crippen MR) is 310 cm³/mol. The number of likely N-dealkylation sites (tertiary alicyclic amines) is 2. The number of carboxylic acids is 1. The summed E-state index contributed by atoms with van der Waals surface area (Å²) in [5.74, 6) is -3.41. The van der Waals surface area contributed by atoms with E-state index in [-0.39, 0.29) is 34.9 Å². The third kappa shape index (κ3) is 15.1. The van der Waals surface area contributed by atoms with Crippen molar-refractivity contribution in [2.75, 3.05) is 39.3 Å². The van der Waals surface area contributed by atoms with Crippen molar-refractivity contribution in [1.29, 1.82) is 0 Å². The molecule has 4 heterocycles. The molecule has 21 heteroatoms. The summed E-state index contributed by atoms with van der Waals surface area (Å²) < 4.78 is 40.9. The summed E-state index contributed by atoms with van der Waals surface area (Å²) in [4.78, 5) is 53.0. The molecule has 1 amide bonds. The van der Waals surface area contributed by atoms with Crippen LogP contribution in [-0.2, 0) is 9.59 Å². The summed E-state index contributed by atoms with van der Waals surface area (Å²) in [5.41, 5.74) is 10.3. The normalized spacial score (nSPS) is 16.7. The Bertz CT molecular complexity index is 3620. The van der Waals surface area contributed by atoms with Crippen molar-refractivity contribution in [2.24, 2.45) is 5.73 Å². The quantitative estimate of drug-likeness (QED) is 0.0375. The Kier molecular flexibility index (Phi) is 18.6. The lowest BCUT2D eigenvalue weighted by Crippen LogP contribution is -2.48. The zero-order chi connectivity index (χ0) is 58.3. The topological polar surface area (TPSA) is 228 Å². The fourth-order valence-electron chi connectivity index (χ4n) is 9.91. The van der Waals surface area contributed by atoms with E-state index in [1.165, 1.54) is 49.2 Å². The van der Waals surface area contributed by atoms with Crippen LogP contribution in [0.4, 0.5) is 8.78 Å². The molecule has 17 nitrogen and oxygen atoms in total. The number of carbonyl (C=O) groups is 4. The summed E-state index contributed by atoms with van der Waals surface area (Å²) >= 11 is 12.7. The van der Waals surface area contributed by atoms with Gasteiger partial charge < -0.3 is 45.6 Å². The number of hydrogen-bond acceptors (Lipinski definition) is 13. The molecule has 4 fully saturated rings. The number of carbonyl (C=O) groups excluding carboxylic acids is 3. The average Bonchev–Trinajstić information content (AvgIpc) is 4.30. The Morgan fingerprint density at radius 3 is 1.46 bits per heavy atom. The van der Waals surface area contributed by atoms with E-state index in [0.717, 1.165) is 76.8 Å². The minimum Gasteiger partial charge on any atom is -0.489 e. The molecule has 0 radical (unpaired) electrons. The van der Waals surface area contributed by atoms with Crippen LogP contribution < -0.4 is 20.5 Å². The molecule has 0 spiro atoms. The molecule has 6 N–H and O–H groups in total. The van der Waals surface area contributed by atoms with Gasteiger partial charge in [0.05, 0.1) is 56.8 Å². The van der Waals surface area contributed by atoms with Crippen molar-refractivity contribution >= 4 is 68.5 Å². The van der Waals surface area contributed by atoms with E-state index < -0.39 is 41.7 Å². The number of halogens is 4. The van der Waals surface area contributed by atoms with Gasteiger partial charge in [0.1, 0.15) is 29.2 Å². The lowest BCUT2D eigenvalue weighted by Gasteiger charge is -2.28. The summed E-state index contributed by atoms with van der Waals surface area (Å²) in [6.07, 6.45) is 10.8. The van der Waals surface area contributed by atoms with Crippen molar-refractivity contribution in [3.8, 4) is 22.9 Å². The Morgan fingerprint density at radius 1 is 0.590 bits per heavy atom. The third-order valence-corrected chi connectivity index (χ3v) is 15.4. The first-order valence-electron chi connectivity index (χ1n) is 27.6. The second-order valence-corrected chi connectivity index (χ2v) is 22.1. The highest BCUT2D eigenvalue weighted by molar-refractivity contribution is 6.43. The monoisotopic (exact) mass is 1170 g/mol. The third-order valence-electron chi connectivity index (χ3n) is 14.8. The zero-order valence-electron chi connectivity index (χ0n) is 45.1. The number of Topliss-reactive ketones (excluding diaryl/α,β-unsaturated/α-hetero) is 2. The smallest absolute Gasteiger partial charge is 0.377 e. The molecule has 4 atom stereocenters. The number of ether oxygens (including phenoxy) is 2. The number of rotatable bonds is 19. The molecule has 12 rings (SSSR count). The van der Waals surface area contributed by atoms with E-state index in [9.17, 15) is 38.2 Å². The predicted octanol–water partition coefficient (Wildman–Crippen LogP) is 9.63. The van der Waals surface area contributed by atoms with Gasteiger partial charge in [-0.2, -0.15) is 10.2 Å². The molecule has 4 aliphatic rings. The molecule has 2 saturated carbocycles. The largest absolute Gasteiger partial charge is 0.489 e. The number of hydrogen-bond donors (Lipinski definition) is 5. The molecule has 2 saturated heterocycles. The van der Waals surface area contributed by atoms with Gasteiger partial charge in [0.2, 0.25) is 5.78 Å². The van der Waals surface area contributed by atoms with Crippen LogP contribution in [0.5, 0.6) is 11.5 Å². The summed E-state index contributed by atoms with van der Waals surface area (Å²) in [6, 6.07) is 30.5. The Hall–Kier alpha value is -7.62. The van der Waals surface area contributed by atoms with Gasteiger partial charge >= 0.3 is 5.97 Å². The highest BCUT2D eigenvalue weighted by Crippen LogP contribution is 2.36. The van der Waals surface area contributed by atoms with Crippen LogP contribution in [0.2, 0.25) is 10.0 Å². The van der Waals surface area contributed by atoms with E-state index in [1.807, 2.05) is 12.1 Å². The van der Waals surface area contributed by atoms with E-state index in [1.54, 1.807) is 94.6 Å². The number of aliphatic hydroxyl groups excluding tert-OH is 2. The second-order valence-electron chi connectivity index (χ2n) is 21.3. The number of carboxylic acid groups (broad SMARTS) is 1. The van der Waals surface area contributed by atoms with Gasteiger partial charge in [0.25, 0.3) is 11.7 Å². The van der Waals surface area contributed by atoms with Crippen molar-refractivity contribution < 1.29 is 52.8 Å². The second kappa shape index (κ2) is 26.3. The minimum atomic E-state index is -1.50. The fourth-order valence-corrected chi connectivity index (χ4v) is 10.4. The zero-order valence-corrected chi connectivity index (χ0v) is 46.6. The van der Waals surface area contributed by atoms with Crippen LogP contribution in [0.15, 0.2) is 134 Å². The lowest BCUT2D eigenvalue weighted by molar-refractivity contribution is -0.131. The van der Waals surface area contributed by atoms with E-state index in [0.29, 0.717) is 72.9 Å².